The first-order valence-electron chi connectivity index (χ1n) is 3.76. The molecule has 1 aliphatic heterocycles. The van der Waals surface area contributed by atoms with E-state index in [1.54, 1.807) is 6.92 Å². The molecule has 0 spiro atoms. The van der Waals surface area contributed by atoms with Gasteiger partial charge in [-0.15, -0.1) is 0 Å². The zero-order chi connectivity index (χ0) is 9.19. The van der Waals surface area contributed by atoms with Gasteiger partial charge in [0, 0.05) is 11.9 Å². The van der Waals surface area contributed by atoms with Crippen molar-refractivity contribution in [1.82, 2.24) is 0 Å². The van der Waals surface area contributed by atoms with Gasteiger partial charge in [0.15, 0.2) is 0 Å². The molecule has 0 aromatic carbocycles. The van der Waals surface area contributed by atoms with Crippen LogP contribution >= 0.6 is 0 Å². The average Bonchev–Trinajstić information content (AvgIpc) is 2.11. The quantitative estimate of drug-likeness (QED) is 0.539. The van der Waals surface area contributed by atoms with E-state index in [4.69, 9.17) is 0 Å². The van der Waals surface area contributed by atoms with Gasteiger partial charge in [0.2, 0.25) is 0 Å². The summed E-state index contributed by atoms with van der Waals surface area (Å²) in [5.41, 5.74) is 0.668. The Hall–Kier alpha value is -0.800. The third-order valence-electron chi connectivity index (χ3n) is 1.85. The highest BCUT2D eigenvalue weighted by Gasteiger charge is 2.38. The summed E-state index contributed by atoms with van der Waals surface area (Å²) >= 11 is 0. The molecule has 0 N–H and O–H groups in total. The van der Waals surface area contributed by atoms with Crippen molar-refractivity contribution in [2.75, 3.05) is 0 Å². The van der Waals surface area contributed by atoms with E-state index in [2.05, 4.69) is 4.99 Å². The normalized spacial score (nSPS) is 25.0. The van der Waals surface area contributed by atoms with Crippen LogP contribution in [0.5, 0.6) is 0 Å². The summed E-state index contributed by atoms with van der Waals surface area (Å²) in [6.45, 7) is 1.70. The second kappa shape index (κ2) is 3.29. The second-order valence-electron chi connectivity index (χ2n) is 2.87. The monoisotopic (exact) mass is 177 g/mol. The first kappa shape index (κ1) is 9.29. The standard InChI is InChI=1S/C8H10F3N/c1-6-2-3-7(4-5-12-6)8(9,10)11/h2,5,7H,3-4H2,1H3. The summed E-state index contributed by atoms with van der Waals surface area (Å²) in [5.74, 6) is -1.25. The van der Waals surface area contributed by atoms with E-state index in [9.17, 15) is 13.2 Å². The molecule has 0 amide bonds. The van der Waals surface area contributed by atoms with Crippen molar-refractivity contribution in [2.45, 2.75) is 25.9 Å². The molecule has 0 aromatic heterocycles. The molecule has 1 nitrogen and oxygen atoms in total. The molecule has 1 rings (SSSR count). The van der Waals surface area contributed by atoms with Crippen molar-refractivity contribution < 1.29 is 13.2 Å². The van der Waals surface area contributed by atoms with Gasteiger partial charge in [0.25, 0.3) is 0 Å². The van der Waals surface area contributed by atoms with E-state index >= 15 is 0 Å². The lowest BCUT2D eigenvalue weighted by molar-refractivity contribution is -0.171. The Bertz CT molecular complexity index is 215. The lowest BCUT2D eigenvalue weighted by Crippen LogP contribution is -2.22. The highest BCUT2D eigenvalue weighted by Crippen LogP contribution is 2.32. The van der Waals surface area contributed by atoms with Crippen LogP contribution in [0.2, 0.25) is 0 Å². The molecule has 0 saturated heterocycles. The van der Waals surface area contributed by atoms with Crippen LogP contribution in [0.4, 0.5) is 13.2 Å². The highest BCUT2D eigenvalue weighted by atomic mass is 19.4. The number of aliphatic imine (C=N–C) groups is 1. The summed E-state index contributed by atoms with van der Waals surface area (Å²) in [5, 5.41) is 0. The number of nitrogens with zero attached hydrogens (tertiary/aromatic N) is 1. The number of alkyl halides is 3. The molecule has 0 aliphatic carbocycles. The maximum absolute atomic E-state index is 12.2. The maximum atomic E-state index is 12.2. The van der Waals surface area contributed by atoms with Crippen molar-refractivity contribution in [3.63, 3.8) is 0 Å². The molecule has 0 fully saturated rings. The summed E-state index contributed by atoms with van der Waals surface area (Å²) in [6, 6.07) is 0. The van der Waals surface area contributed by atoms with Crippen molar-refractivity contribution in [1.29, 1.82) is 0 Å². The lowest BCUT2D eigenvalue weighted by atomic mass is 10.0. The Balaban J connectivity index is 2.67. The van der Waals surface area contributed by atoms with Crippen LogP contribution in [0.15, 0.2) is 16.8 Å². The fourth-order valence-corrected chi connectivity index (χ4v) is 1.05. The minimum atomic E-state index is -4.09. The van der Waals surface area contributed by atoms with Gasteiger partial charge in [-0.2, -0.15) is 13.2 Å². The van der Waals surface area contributed by atoms with Crippen LogP contribution in [-0.2, 0) is 0 Å². The summed E-state index contributed by atoms with van der Waals surface area (Å²) in [6.07, 6.45) is -1.17. The van der Waals surface area contributed by atoms with Crippen LogP contribution in [-0.4, -0.2) is 12.4 Å². The molecule has 68 valence electrons. The summed E-state index contributed by atoms with van der Waals surface area (Å²) in [7, 11) is 0. The molecule has 0 saturated carbocycles. The third kappa shape index (κ3) is 2.36. The molecule has 12 heavy (non-hydrogen) atoms. The van der Waals surface area contributed by atoms with E-state index in [1.807, 2.05) is 0 Å². The molecule has 1 aliphatic rings. The Morgan fingerprint density at radius 2 is 2.08 bits per heavy atom. The minimum absolute atomic E-state index is 0.00264. The first-order valence-corrected chi connectivity index (χ1v) is 3.76. The van der Waals surface area contributed by atoms with Crippen LogP contribution in [0, 0.1) is 5.92 Å². The Labute approximate surface area is 69.0 Å². The number of rotatable bonds is 0. The fourth-order valence-electron chi connectivity index (χ4n) is 1.05. The topological polar surface area (TPSA) is 12.4 Å². The molecule has 1 unspecified atom stereocenters. The van der Waals surface area contributed by atoms with Gasteiger partial charge in [0.1, 0.15) is 0 Å². The molecule has 0 aromatic rings. The predicted molar refractivity (Wildman–Crippen MR) is 41.0 cm³/mol. The van der Waals surface area contributed by atoms with Gasteiger partial charge >= 0.3 is 6.18 Å². The molecule has 1 heterocycles. The van der Waals surface area contributed by atoms with Gasteiger partial charge in [-0.25, -0.2) is 0 Å². The van der Waals surface area contributed by atoms with Gasteiger partial charge in [-0.05, 0) is 19.8 Å². The minimum Gasteiger partial charge on any atom is -0.266 e. The first-order chi connectivity index (χ1) is 5.50. The van der Waals surface area contributed by atoms with E-state index < -0.39 is 12.1 Å². The van der Waals surface area contributed by atoms with Crippen molar-refractivity contribution >= 4 is 6.21 Å². The SMILES string of the molecule is CC1=CCC(C(F)(F)F)CC=N1. The van der Waals surface area contributed by atoms with Crippen molar-refractivity contribution in [2.24, 2.45) is 10.9 Å². The molecular formula is C8H10F3N. The fraction of sp³-hybridized carbons (Fsp3) is 0.625. The van der Waals surface area contributed by atoms with Crippen molar-refractivity contribution in [3.05, 3.63) is 11.8 Å². The summed E-state index contributed by atoms with van der Waals surface area (Å²) < 4.78 is 36.5. The lowest BCUT2D eigenvalue weighted by Gasteiger charge is -2.15. The zero-order valence-corrected chi connectivity index (χ0v) is 6.73. The third-order valence-corrected chi connectivity index (χ3v) is 1.85. The number of hydrogen-bond acceptors (Lipinski definition) is 1. The van der Waals surface area contributed by atoms with Gasteiger partial charge in [-0.1, -0.05) is 6.08 Å². The van der Waals surface area contributed by atoms with Gasteiger partial charge in [0.05, 0.1) is 5.92 Å². The van der Waals surface area contributed by atoms with Crippen LogP contribution in [0.25, 0.3) is 0 Å². The van der Waals surface area contributed by atoms with Crippen LogP contribution in [0.3, 0.4) is 0 Å². The van der Waals surface area contributed by atoms with E-state index in [0.717, 1.165) is 0 Å². The molecule has 4 heteroatoms. The predicted octanol–water partition coefficient (Wildman–Crippen LogP) is 2.93. The Kier molecular flexibility index (Phi) is 2.55. The molecule has 1 atom stereocenters. The number of halogens is 3. The Morgan fingerprint density at radius 1 is 1.42 bits per heavy atom. The largest absolute Gasteiger partial charge is 0.392 e. The van der Waals surface area contributed by atoms with Crippen LogP contribution in [0.1, 0.15) is 19.8 Å². The average molecular weight is 177 g/mol. The number of hydrogen-bond donors (Lipinski definition) is 0. The maximum Gasteiger partial charge on any atom is 0.392 e. The molecule has 0 bridgehead atoms. The van der Waals surface area contributed by atoms with Crippen LogP contribution < -0.4 is 0 Å². The van der Waals surface area contributed by atoms with Crippen molar-refractivity contribution in [3.8, 4) is 0 Å². The second-order valence-corrected chi connectivity index (χ2v) is 2.87. The summed E-state index contributed by atoms with van der Waals surface area (Å²) in [4.78, 5) is 3.82. The Morgan fingerprint density at radius 3 is 2.67 bits per heavy atom. The smallest absolute Gasteiger partial charge is 0.266 e. The van der Waals surface area contributed by atoms with E-state index in [0.29, 0.717) is 5.70 Å². The molecular weight excluding hydrogens is 167 g/mol. The zero-order valence-electron chi connectivity index (χ0n) is 6.73. The van der Waals surface area contributed by atoms with E-state index in [-0.39, 0.29) is 12.8 Å². The number of allylic oxidation sites excluding steroid dienone is 2. The van der Waals surface area contributed by atoms with Gasteiger partial charge < -0.3 is 0 Å². The molecule has 0 radical (unpaired) electrons. The van der Waals surface area contributed by atoms with Gasteiger partial charge in [-0.3, -0.25) is 4.99 Å². The van der Waals surface area contributed by atoms with E-state index in [1.165, 1.54) is 12.3 Å². The highest BCUT2D eigenvalue weighted by molar-refractivity contribution is 5.60.